The summed E-state index contributed by atoms with van der Waals surface area (Å²) < 4.78 is 11.4. The molecule has 0 spiro atoms. The lowest BCUT2D eigenvalue weighted by molar-refractivity contribution is -0.132. The van der Waals surface area contributed by atoms with E-state index in [1.54, 1.807) is 24.3 Å². The van der Waals surface area contributed by atoms with Gasteiger partial charge in [0, 0.05) is 31.9 Å². The van der Waals surface area contributed by atoms with Crippen LogP contribution in [-0.2, 0) is 4.79 Å². The van der Waals surface area contributed by atoms with E-state index < -0.39 is 0 Å². The zero-order valence-electron chi connectivity index (χ0n) is 17.3. The van der Waals surface area contributed by atoms with Crippen molar-refractivity contribution in [1.82, 2.24) is 4.90 Å². The molecule has 1 aliphatic rings. The third-order valence-electron chi connectivity index (χ3n) is 5.25. The third kappa shape index (κ3) is 5.48. The van der Waals surface area contributed by atoms with E-state index >= 15 is 0 Å². The Morgan fingerprint density at radius 3 is 2.16 bits per heavy atom. The predicted octanol–water partition coefficient (Wildman–Crippen LogP) is 4.30. The van der Waals surface area contributed by atoms with Crippen LogP contribution in [0.5, 0.6) is 23.0 Å². The first kappa shape index (κ1) is 20.6. The van der Waals surface area contributed by atoms with Crippen LogP contribution in [0.4, 0.5) is 5.69 Å². The van der Waals surface area contributed by atoms with E-state index in [4.69, 9.17) is 9.47 Å². The maximum atomic E-state index is 12.5. The normalized spacial score (nSPS) is 13.7. The molecule has 4 rings (SSSR count). The molecule has 6 nitrogen and oxygen atoms in total. The molecule has 0 atom stereocenters. The molecule has 0 aliphatic carbocycles. The Kier molecular flexibility index (Phi) is 6.57. The first-order valence-corrected chi connectivity index (χ1v) is 10.5. The van der Waals surface area contributed by atoms with Crippen LogP contribution >= 0.6 is 0 Å². The number of carbonyl (C=O) groups is 1. The number of piperazine rings is 1. The van der Waals surface area contributed by atoms with E-state index in [0.717, 1.165) is 30.3 Å². The van der Waals surface area contributed by atoms with E-state index in [1.165, 1.54) is 0 Å². The van der Waals surface area contributed by atoms with E-state index in [2.05, 4.69) is 17.0 Å². The van der Waals surface area contributed by atoms with Crippen LogP contribution in [0, 0.1) is 0 Å². The van der Waals surface area contributed by atoms with Gasteiger partial charge in [-0.1, -0.05) is 30.3 Å². The zero-order chi connectivity index (χ0) is 21.5. The summed E-state index contributed by atoms with van der Waals surface area (Å²) in [5.41, 5.74) is 1.12. The first-order chi connectivity index (χ1) is 15.2. The number of hydrogen-bond donors (Lipinski definition) is 1. The van der Waals surface area contributed by atoms with Gasteiger partial charge in [0.05, 0.1) is 13.0 Å². The topological polar surface area (TPSA) is 62.2 Å². The molecule has 160 valence electrons. The molecule has 1 fully saturated rings. The van der Waals surface area contributed by atoms with Crippen LogP contribution in [0.15, 0.2) is 78.9 Å². The van der Waals surface area contributed by atoms with Crippen LogP contribution in [0.3, 0.4) is 0 Å². The van der Waals surface area contributed by atoms with Gasteiger partial charge in [0.2, 0.25) is 5.91 Å². The second kappa shape index (κ2) is 9.89. The molecule has 1 amide bonds. The van der Waals surface area contributed by atoms with Gasteiger partial charge >= 0.3 is 0 Å². The van der Waals surface area contributed by atoms with Gasteiger partial charge < -0.3 is 24.4 Å². The van der Waals surface area contributed by atoms with Crippen LogP contribution in [0.1, 0.15) is 6.42 Å². The third-order valence-corrected chi connectivity index (χ3v) is 5.25. The smallest absolute Gasteiger partial charge is 0.226 e. The maximum Gasteiger partial charge on any atom is 0.226 e. The van der Waals surface area contributed by atoms with Gasteiger partial charge in [-0.3, -0.25) is 4.79 Å². The molecule has 1 aliphatic heterocycles. The molecule has 6 heteroatoms. The van der Waals surface area contributed by atoms with E-state index in [-0.39, 0.29) is 18.3 Å². The minimum absolute atomic E-state index is 0.0710. The number of ether oxygens (including phenoxy) is 2. The molecule has 1 saturated heterocycles. The molecular formula is C25H26N2O4. The molecule has 0 aromatic heterocycles. The number of rotatable bonds is 7. The lowest BCUT2D eigenvalue weighted by atomic mass is 10.2. The van der Waals surface area contributed by atoms with Crippen molar-refractivity contribution in [2.45, 2.75) is 6.42 Å². The van der Waals surface area contributed by atoms with Gasteiger partial charge in [-0.05, 0) is 48.5 Å². The Bertz CT molecular complexity index is 984. The van der Waals surface area contributed by atoms with Crippen molar-refractivity contribution in [2.75, 3.05) is 37.7 Å². The van der Waals surface area contributed by atoms with E-state index in [9.17, 15) is 9.90 Å². The summed E-state index contributed by atoms with van der Waals surface area (Å²) in [6, 6.07) is 24.5. The summed E-state index contributed by atoms with van der Waals surface area (Å²) in [6.07, 6.45) is 0.292. The Hall–Kier alpha value is -3.67. The number of anilines is 1. The first-order valence-electron chi connectivity index (χ1n) is 10.5. The number of nitrogens with zero attached hydrogens (tertiary/aromatic N) is 2. The molecule has 0 radical (unpaired) electrons. The van der Waals surface area contributed by atoms with Crippen molar-refractivity contribution in [3.05, 3.63) is 78.9 Å². The molecule has 0 unspecified atom stereocenters. The maximum absolute atomic E-state index is 12.5. The Balaban J connectivity index is 1.22. The summed E-state index contributed by atoms with van der Waals surface area (Å²) in [4.78, 5) is 16.6. The van der Waals surface area contributed by atoms with Gasteiger partial charge in [-0.15, -0.1) is 0 Å². The van der Waals surface area contributed by atoms with Crippen LogP contribution in [0.2, 0.25) is 0 Å². The molecule has 1 N–H and O–H groups in total. The highest BCUT2D eigenvalue weighted by atomic mass is 16.5. The average Bonchev–Trinajstić information content (AvgIpc) is 2.81. The number of para-hydroxylation sites is 3. The number of phenolic OH excluding ortho intramolecular Hbond substituents is 1. The zero-order valence-corrected chi connectivity index (χ0v) is 17.3. The number of carbonyl (C=O) groups excluding carboxylic acids is 1. The Morgan fingerprint density at radius 2 is 1.45 bits per heavy atom. The van der Waals surface area contributed by atoms with Gasteiger partial charge in [-0.25, -0.2) is 0 Å². The monoisotopic (exact) mass is 418 g/mol. The lowest BCUT2D eigenvalue weighted by Crippen LogP contribution is -2.49. The van der Waals surface area contributed by atoms with Gasteiger partial charge in [-0.2, -0.15) is 0 Å². The summed E-state index contributed by atoms with van der Waals surface area (Å²) in [5, 5.41) is 9.72. The number of amides is 1. The van der Waals surface area contributed by atoms with Crippen molar-refractivity contribution in [3.63, 3.8) is 0 Å². The summed E-state index contributed by atoms with van der Waals surface area (Å²) in [6.45, 7) is 3.17. The highest BCUT2D eigenvalue weighted by Gasteiger charge is 2.21. The average molecular weight is 418 g/mol. The van der Waals surface area contributed by atoms with Gasteiger partial charge in [0.15, 0.2) is 11.5 Å². The molecule has 3 aromatic carbocycles. The van der Waals surface area contributed by atoms with Gasteiger partial charge in [0.25, 0.3) is 0 Å². The minimum atomic E-state index is 0.0710. The molecule has 1 heterocycles. The van der Waals surface area contributed by atoms with Crippen molar-refractivity contribution in [2.24, 2.45) is 0 Å². The standard InChI is InChI=1S/C25H26N2O4/c28-23-8-4-5-9-24(23)30-19-14-25(29)27-17-15-26(16-18-27)20-10-12-22(13-11-20)31-21-6-2-1-3-7-21/h1-13,28H,14-19H2. The van der Waals surface area contributed by atoms with E-state index in [1.807, 2.05) is 47.4 Å². The minimum Gasteiger partial charge on any atom is -0.504 e. The van der Waals surface area contributed by atoms with Crippen LogP contribution < -0.4 is 14.4 Å². The molecule has 3 aromatic rings. The second-order valence-corrected chi connectivity index (χ2v) is 7.34. The number of phenols is 1. The fourth-order valence-corrected chi connectivity index (χ4v) is 3.55. The van der Waals surface area contributed by atoms with Crippen molar-refractivity contribution in [1.29, 1.82) is 0 Å². The summed E-state index contributed by atoms with van der Waals surface area (Å²) in [7, 11) is 0. The molecule has 0 saturated carbocycles. The number of benzene rings is 3. The highest BCUT2D eigenvalue weighted by Crippen LogP contribution is 2.26. The van der Waals surface area contributed by atoms with Crippen LogP contribution in [-0.4, -0.2) is 48.7 Å². The SMILES string of the molecule is O=C(CCOc1ccccc1O)N1CCN(c2ccc(Oc3ccccc3)cc2)CC1. The number of hydrogen-bond acceptors (Lipinski definition) is 5. The lowest BCUT2D eigenvalue weighted by Gasteiger charge is -2.36. The molecule has 31 heavy (non-hydrogen) atoms. The summed E-state index contributed by atoms with van der Waals surface area (Å²) >= 11 is 0. The van der Waals surface area contributed by atoms with Crippen LogP contribution in [0.25, 0.3) is 0 Å². The second-order valence-electron chi connectivity index (χ2n) is 7.34. The fraction of sp³-hybridized carbons (Fsp3) is 0.240. The van der Waals surface area contributed by atoms with Gasteiger partial charge in [0.1, 0.15) is 11.5 Å². The predicted molar refractivity (Wildman–Crippen MR) is 120 cm³/mol. The Morgan fingerprint density at radius 1 is 0.806 bits per heavy atom. The fourth-order valence-electron chi connectivity index (χ4n) is 3.55. The van der Waals surface area contributed by atoms with Crippen molar-refractivity contribution in [3.8, 4) is 23.0 Å². The molecular weight excluding hydrogens is 392 g/mol. The van der Waals surface area contributed by atoms with Crippen molar-refractivity contribution >= 4 is 11.6 Å². The molecule has 0 bridgehead atoms. The number of aromatic hydroxyl groups is 1. The van der Waals surface area contributed by atoms with E-state index in [0.29, 0.717) is 25.3 Å². The largest absolute Gasteiger partial charge is 0.504 e. The Labute approximate surface area is 182 Å². The highest BCUT2D eigenvalue weighted by molar-refractivity contribution is 5.76. The quantitative estimate of drug-likeness (QED) is 0.620. The summed E-state index contributed by atoms with van der Waals surface area (Å²) in [5.74, 6) is 2.17. The van der Waals surface area contributed by atoms with Crippen molar-refractivity contribution < 1.29 is 19.4 Å².